The molecule has 0 fully saturated rings. The van der Waals surface area contributed by atoms with Gasteiger partial charge in [0.2, 0.25) is 5.91 Å². The zero-order chi connectivity index (χ0) is 24.5. The Morgan fingerprint density at radius 3 is 1.51 bits per heavy atom. The molecule has 1 amide bonds. The maximum atomic E-state index is 13.4. The molecule has 0 bridgehead atoms. The van der Waals surface area contributed by atoms with Crippen molar-refractivity contribution >= 4 is 11.9 Å². The first-order chi connectivity index (χ1) is 17.1. The van der Waals surface area contributed by atoms with Crippen molar-refractivity contribution in [3.05, 3.63) is 144 Å². The first kappa shape index (κ1) is 23.9. The molecule has 0 radical (unpaired) electrons. The quantitative estimate of drug-likeness (QED) is 0.281. The Hall–Kier alpha value is -4.22. The fraction of sp³-hybridized carbons (Fsp3) is 0.133. The van der Waals surface area contributed by atoms with Crippen molar-refractivity contribution in [3.63, 3.8) is 0 Å². The predicted octanol–water partition coefficient (Wildman–Crippen LogP) is 4.56. The van der Waals surface area contributed by atoms with Crippen molar-refractivity contribution in [2.75, 3.05) is 0 Å². The van der Waals surface area contributed by atoms with Gasteiger partial charge >= 0.3 is 5.97 Å². The van der Waals surface area contributed by atoms with E-state index in [1.807, 2.05) is 121 Å². The summed E-state index contributed by atoms with van der Waals surface area (Å²) in [5.74, 6) is -0.973. The molecule has 0 heterocycles. The topological polar surface area (TPSA) is 81.4 Å². The van der Waals surface area contributed by atoms with Crippen molar-refractivity contribution in [1.82, 2.24) is 5.32 Å². The third-order valence-corrected chi connectivity index (χ3v) is 5.88. The predicted molar refractivity (Wildman–Crippen MR) is 136 cm³/mol. The van der Waals surface area contributed by atoms with Crippen LogP contribution in [-0.2, 0) is 26.5 Å². The summed E-state index contributed by atoms with van der Waals surface area (Å²) in [4.78, 5) is 25.9. The largest absolute Gasteiger partial charge is 0.460 e. The van der Waals surface area contributed by atoms with Crippen LogP contribution >= 0.6 is 0 Å². The summed E-state index contributed by atoms with van der Waals surface area (Å²) in [6.45, 7) is 0.108. The minimum absolute atomic E-state index is 0.108. The number of hydrogen-bond donors (Lipinski definition) is 2. The molecule has 0 saturated heterocycles. The molecule has 5 heteroatoms. The van der Waals surface area contributed by atoms with E-state index in [1.54, 1.807) is 0 Å². The van der Waals surface area contributed by atoms with Gasteiger partial charge in [-0.1, -0.05) is 121 Å². The Bertz CT molecular complexity index is 1130. The second-order valence-electron chi connectivity index (χ2n) is 8.30. The first-order valence-electron chi connectivity index (χ1n) is 11.5. The van der Waals surface area contributed by atoms with Crippen LogP contribution in [0.4, 0.5) is 0 Å². The van der Waals surface area contributed by atoms with Crippen molar-refractivity contribution in [3.8, 4) is 0 Å². The number of hydrogen-bond acceptors (Lipinski definition) is 4. The average Bonchev–Trinajstić information content (AvgIpc) is 2.92. The lowest BCUT2D eigenvalue weighted by molar-refractivity contribution is -0.148. The van der Waals surface area contributed by atoms with E-state index in [9.17, 15) is 9.59 Å². The lowest BCUT2D eigenvalue weighted by atomic mass is 9.77. The Morgan fingerprint density at radius 2 is 1.09 bits per heavy atom. The molecule has 0 spiro atoms. The van der Waals surface area contributed by atoms with Gasteiger partial charge in [-0.25, -0.2) is 0 Å². The molecule has 4 aromatic carbocycles. The van der Waals surface area contributed by atoms with Crippen molar-refractivity contribution in [2.24, 2.45) is 5.73 Å². The maximum Gasteiger partial charge on any atom is 0.323 e. The van der Waals surface area contributed by atoms with Crippen LogP contribution in [0.25, 0.3) is 0 Å². The molecule has 5 nitrogen and oxygen atoms in total. The maximum absolute atomic E-state index is 13.4. The van der Waals surface area contributed by atoms with Gasteiger partial charge in [0, 0.05) is 0 Å². The molecule has 0 aliphatic carbocycles. The molecule has 0 aliphatic heterocycles. The lowest BCUT2D eigenvalue weighted by Crippen LogP contribution is -2.49. The minimum Gasteiger partial charge on any atom is -0.460 e. The van der Waals surface area contributed by atoms with Gasteiger partial charge in [-0.15, -0.1) is 0 Å². The second kappa shape index (κ2) is 11.3. The van der Waals surface area contributed by atoms with Crippen LogP contribution in [0.3, 0.4) is 0 Å². The van der Waals surface area contributed by atoms with Gasteiger partial charge in [0.15, 0.2) is 0 Å². The summed E-state index contributed by atoms with van der Waals surface area (Å²) < 4.78 is 5.33. The number of carbonyl (C=O) groups is 2. The van der Waals surface area contributed by atoms with E-state index >= 15 is 0 Å². The lowest BCUT2D eigenvalue weighted by Gasteiger charge is -2.37. The molecule has 1 atom stereocenters. The standard InChI is InChI=1S/C30H28N2O3/c31-27(29(34)35-22-23-13-5-1-6-14-23)21-28(33)32-30(24-15-7-2-8-16-24,25-17-9-3-10-18-25)26-19-11-4-12-20-26/h1-20,27H,21-22,31H2,(H,32,33)/t27-/m0/s1. The number of rotatable bonds is 9. The molecule has 4 rings (SSSR count). The fourth-order valence-electron chi connectivity index (χ4n) is 4.16. The monoisotopic (exact) mass is 464 g/mol. The number of amides is 1. The second-order valence-corrected chi connectivity index (χ2v) is 8.30. The number of nitrogens with one attached hydrogen (secondary N) is 1. The Morgan fingerprint density at radius 1 is 0.686 bits per heavy atom. The molecular weight excluding hydrogens is 436 g/mol. The highest BCUT2D eigenvalue weighted by atomic mass is 16.5. The van der Waals surface area contributed by atoms with Crippen LogP contribution in [0.1, 0.15) is 28.7 Å². The summed E-state index contributed by atoms with van der Waals surface area (Å²) in [6, 6.07) is 37.6. The number of nitrogens with two attached hydrogens (primary N) is 1. The number of ether oxygens (including phenoxy) is 1. The molecule has 0 unspecified atom stereocenters. The van der Waals surface area contributed by atoms with Crippen LogP contribution in [0.5, 0.6) is 0 Å². The van der Waals surface area contributed by atoms with Gasteiger partial charge in [0.1, 0.15) is 18.2 Å². The zero-order valence-electron chi connectivity index (χ0n) is 19.3. The van der Waals surface area contributed by atoms with Crippen LogP contribution < -0.4 is 11.1 Å². The van der Waals surface area contributed by atoms with Crippen LogP contribution in [0.15, 0.2) is 121 Å². The van der Waals surface area contributed by atoms with Gasteiger partial charge in [0.25, 0.3) is 0 Å². The third-order valence-electron chi connectivity index (χ3n) is 5.88. The molecular formula is C30H28N2O3. The molecule has 4 aromatic rings. The van der Waals surface area contributed by atoms with E-state index in [0.29, 0.717) is 0 Å². The summed E-state index contributed by atoms with van der Waals surface area (Å²) in [6.07, 6.45) is -0.206. The van der Waals surface area contributed by atoms with Crippen LogP contribution in [0, 0.1) is 0 Å². The van der Waals surface area contributed by atoms with Gasteiger partial charge in [-0.2, -0.15) is 0 Å². The van der Waals surface area contributed by atoms with E-state index < -0.39 is 17.6 Å². The molecule has 0 aromatic heterocycles. The fourth-order valence-corrected chi connectivity index (χ4v) is 4.16. The number of esters is 1. The van der Waals surface area contributed by atoms with Gasteiger partial charge < -0.3 is 15.8 Å². The Balaban J connectivity index is 1.60. The third kappa shape index (κ3) is 5.65. The smallest absolute Gasteiger partial charge is 0.323 e. The van der Waals surface area contributed by atoms with Gasteiger partial charge in [-0.05, 0) is 22.3 Å². The summed E-state index contributed by atoms with van der Waals surface area (Å²) in [5, 5.41) is 3.21. The molecule has 0 saturated carbocycles. The molecule has 0 aliphatic rings. The minimum atomic E-state index is -1.08. The molecule has 176 valence electrons. The molecule has 35 heavy (non-hydrogen) atoms. The Kier molecular flexibility index (Phi) is 7.70. The van der Waals surface area contributed by atoms with Gasteiger partial charge in [-0.3, -0.25) is 9.59 Å². The zero-order valence-corrected chi connectivity index (χ0v) is 19.3. The van der Waals surface area contributed by atoms with Crippen molar-refractivity contribution < 1.29 is 14.3 Å². The van der Waals surface area contributed by atoms with E-state index in [2.05, 4.69) is 5.32 Å². The van der Waals surface area contributed by atoms with E-state index in [0.717, 1.165) is 22.3 Å². The van der Waals surface area contributed by atoms with Crippen LogP contribution in [0.2, 0.25) is 0 Å². The SMILES string of the molecule is N[C@@H](CC(=O)NC(c1ccccc1)(c1ccccc1)c1ccccc1)C(=O)OCc1ccccc1. The average molecular weight is 465 g/mol. The first-order valence-corrected chi connectivity index (χ1v) is 11.5. The summed E-state index contributed by atoms with van der Waals surface area (Å²) >= 11 is 0. The van der Waals surface area contributed by atoms with Crippen LogP contribution in [-0.4, -0.2) is 17.9 Å². The highest BCUT2D eigenvalue weighted by Gasteiger charge is 2.38. The normalized spacial score (nSPS) is 11.9. The highest BCUT2D eigenvalue weighted by molar-refractivity contribution is 5.86. The van der Waals surface area contributed by atoms with E-state index in [-0.39, 0.29) is 18.9 Å². The Labute approximate surface area is 205 Å². The van der Waals surface area contributed by atoms with Gasteiger partial charge in [0.05, 0.1) is 6.42 Å². The summed E-state index contributed by atoms with van der Waals surface area (Å²) in [7, 11) is 0. The number of benzene rings is 4. The summed E-state index contributed by atoms with van der Waals surface area (Å²) in [5.41, 5.74) is 8.66. The van der Waals surface area contributed by atoms with E-state index in [4.69, 9.17) is 10.5 Å². The highest BCUT2D eigenvalue weighted by Crippen LogP contribution is 2.36. The van der Waals surface area contributed by atoms with E-state index in [1.165, 1.54) is 0 Å². The number of carbonyl (C=O) groups excluding carboxylic acids is 2. The van der Waals surface area contributed by atoms with Crippen molar-refractivity contribution in [2.45, 2.75) is 24.6 Å². The molecule has 3 N–H and O–H groups in total. The van der Waals surface area contributed by atoms with Crippen molar-refractivity contribution in [1.29, 1.82) is 0 Å².